The molecule has 0 spiro atoms. The third kappa shape index (κ3) is 2.40. The van der Waals surface area contributed by atoms with Crippen LogP contribution in [0.1, 0.15) is 13.3 Å². The molecule has 1 aliphatic heterocycles. The van der Waals surface area contributed by atoms with Crippen molar-refractivity contribution < 1.29 is 9.47 Å². The normalized spacial score (nSPS) is 19.1. The van der Waals surface area contributed by atoms with E-state index in [0.29, 0.717) is 12.5 Å². The Morgan fingerprint density at radius 1 is 1.53 bits per heavy atom. The summed E-state index contributed by atoms with van der Waals surface area (Å²) in [5, 5.41) is 0. The number of fused-ring (bicyclic) bond motifs is 1. The Bertz CT molecular complexity index is 626. The second-order valence-corrected chi connectivity index (χ2v) is 5.24. The highest BCUT2D eigenvalue weighted by Gasteiger charge is 2.18. The number of rotatable bonds is 4. The van der Waals surface area contributed by atoms with Gasteiger partial charge in [-0.3, -0.25) is 0 Å². The van der Waals surface area contributed by atoms with Crippen LogP contribution in [-0.2, 0) is 11.3 Å². The number of ether oxygens (including phenoxy) is 2. The highest BCUT2D eigenvalue weighted by molar-refractivity contribution is 7.71. The van der Waals surface area contributed by atoms with Crippen LogP contribution in [0.4, 0.5) is 0 Å². The first-order valence-electron chi connectivity index (χ1n) is 6.71. The molecule has 0 bridgehead atoms. The minimum absolute atomic E-state index is 0.557. The standard InChI is InChI=1S/C14H18N2O2S/c1-2-18-12-5-3-4-11-13(12)15-14(19)16(11)8-10-6-7-17-9-10/h3-5,10H,2,6-9H2,1H3,(H,15,19). The molecule has 1 saturated heterocycles. The molecule has 1 aromatic carbocycles. The number of aromatic amines is 1. The average Bonchev–Trinajstić information content (AvgIpc) is 3.01. The van der Waals surface area contributed by atoms with Crippen LogP contribution in [0.3, 0.4) is 0 Å². The molecule has 1 fully saturated rings. The zero-order valence-electron chi connectivity index (χ0n) is 11.0. The molecular formula is C14H18N2O2S. The quantitative estimate of drug-likeness (QED) is 0.873. The molecule has 1 aliphatic rings. The Labute approximate surface area is 117 Å². The van der Waals surface area contributed by atoms with Crippen LogP contribution in [0.5, 0.6) is 5.75 Å². The zero-order valence-corrected chi connectivity index (χ0v) is 11.8. The van der Waals surface area contributed by atoms with Gasteiger partial charge in [0.05, 0.1) is 18.7 Å². The number of para-hydroxylation sites is 1. The molecule has 3 rings (SSSR count). The molecular weight excluding hydrogens is 260 g/mol. The van der Waals surface area contributed by atoms with E-state index < -0.39 is 0 Å². The fourth-order valence-electron chi connectivity index (χ4n) is 2.60. The number of imidazole rings is 1. The maximum atomic E-state index is 5.64. The van der Waals surface area contributed by atoms with Gasteiger partial charge in [0.25, 0.3) is 0 Å². The summed E-state index contributed by atoms with van der Waals surface area (Å²) in [5.41, 5.74) is 2.11. The van der Waals surface area contributed by atoms with Crippen LogP contribution >= 0.6 is 12.2 Å². The van der Waals surface area contributed by atoms with Gasteiger partial charge < -0.3 is 19.0 Å². The predicted octanol–water partition coefficient (Wildman–Crippen LogP) is 3.13. The number of aromatic nitrogens is 2. The molecule has 5 heteroatoms. The van der Waals surface area contributed by atoms with Crippen LogP contribution in [0.2, 0.25) is 0 Å². The summed E-state index contributed by atoms with van der Waals surface area (Å²) in [6, 6.07) is 6.07. The number of H-pyrrole nitrogens is 1. The fraction of sp³-hybridized carbons (Fsp3) is 0.500. The number of benzene rings is 1. The maximum Gasteiger partial charge on any atom is 0.178 e. The van der Waals surface area contributed by atoms with Gasteiger partial charge in [0, 0.05) is 19.1 Å². The zero-order chi connectivity index (χ0) is 13.2. The molecule has 4 nitrogen and oxygen atoms in total. The lowest BCUT2D eigenvalue weighted by Gasteiger charge is -2.10. The minimum Gasteiger partial charge on any atom is -0.492 e. The third-order valence-corrected chi connectivity index (χ3v) is 3.86. The van der Waals surface area contributed by atoms with Gasteiger partial charge in [0.15, 0.2) is 4.77 Å². The molecule has 0 amide bonds. The van der Waals surface area contributed by atoms with Crippen LogP contribution in [0.25, 0.3) is 11.0 Å². The number of hydrogen-bond donors (Lipinski definition) is 1. The van der Waals surface area contributed by atoms with E-state index in [9.17, 15) is 0 Å². The Balaban J connectivity index is 2.01. The van der Waals surface area contributed by atoms with Crippen molar-refractivity contribution in [2.45, 2.75) is 19.9 Å². The number of nitrogens with zero attached hydrogens (tertiary/aromatic N) is 1. The molecule has 0 radical (unpaired) electrons. The van der Waals surface area contributed by atoms with Gasteiger partial charge in [-0.1, -0.05) is 6.07 Å². The lowest BCUT2D eigenvalue weighted by atomic mass is 10.1. The molecule has 2 aromatic rings. The van der Waals surface area contributed by atoms with E-state index in [2.05, 4.69) is 15.6 Å². The molecule has 1 N–H and O–H groups in total. The van der Waals surface area contributed by atoms with E-state index in [1.165, 1.54) is 0 Å². The van der Waals surface area contributed by atoms with E-state index >= 15 is 0 Å². The summed E-state index contributed by atoms with van der Waals surface area (Å²) in [5.74, 6) is 1.42. The molecule has 1 atom stereocenters. The van der Waals surface area contributed by atoms with Crippen LogP contribution in [0.15, 0.2) is 18.2 Å². The largest absolute Gasteiger partial charge is 0.492 e. The molecule has 1 unspecified atom stereocenters. The summed E-state index contributed by atoms with van der Waals surface area (Å²) in [4.78, 5) is 3.27. The van der Waals surface area contributed by atoms with Crippen LogP contribution in [0, 0.1) is 10.7 Å². The van der Waals surface area contributed by atoms with Gasteiger partial charge in [-0.2, -0.15) is 0 Å². The average molecular weight is 278 g/mol. The molecule has 19 heavy (non-hydrogen) atoms. The second-order valence-electron chi connectivity index (χ2n) is 4.85. The summed E-state index contributed by atoms with van der Waals surface area (Å²) in [7, 11) is 0. The van der Waals surface area contributed by atoms with Crippen molar-refractivity contribution in [3.8, 4) is 5.75 Å². The van der Waals surface area contributed by atoms with Gasteiger partial charge in [-0.05, 0) is 37.7 Å². The van der Waals surface area contributed by atoms with Crippen molar-refractivity contribution in [2.24, 2.45) is 5.92 Å². The summed E-state index contributed by atoms with van der Waals surface area (Å²) in [6.45, 7) is 5.25. The molecule has 0 saturated carbocycles. The number of hydrogen-bond acceptors (Lipinski definition) is 3. The summed E-state index contributed by atoms with van der Waals surface area (Å²) >= 11 is 5.44. The SMILES string of the molecule is CCOc1cccc2c1[nH]c(=S)n2CC1CCOC1. The molecule has 0 aliphatic carbocycles. The molecule has 102 valence electrons. The lowest BCUT2D eigenvalue weighted by Crippen LogP contribution is -2.10. The molecule has 1 aromatic heterocycles. The highest BCUT2D eigenvalue weighted by Crippen LogP contribution is 2.26. The van der Waals surface area contributed by atoms with Gasteiger partial charge in [-0.15, -0.1) is 0 Å². The van der Waals surface area contributed by atoms with Crippen molar-refractivity contribution in [3.63, 3.8) is 0 Å². The Kier molecular flexibility index (Phi) is 3.57. The second kappa shape index (κ2) is 5.35. The monoisotopic (exact) mass is 278 g/mol. The van der Waals surface area contributed by atoms with E-state index in [0.717, 1.165) is 47.7 Å². The summed E-state index contributed by atoms with van der Waals surface area (Å²) < 4.78 is 14.0. The summed E-state index contributed by atoms with van der Waals surface area (Å²) in [6.07, 6.45) is 1.11. The number of nitrogens with one attached hydrogen (secondary N) is 1. The third-order valence-electron chi connectivity index (χ3n) is 3.54. The smallest absolute Gasteiger partial charge is 0.178 e. The topological polar surface area (TPSA) is 39.2 Å². The highest BCUT2D eigenvalue weighted by atomic mass is 32.1. The van der Waals surface area contributed by atoms with Crippen molar-refractivity contribution in [1.29, 1.82) is 0 Å². The van der Waals surface area contributed by atoms with Crippen molar-refractivity contribution in [2.75, 3.05) is 19.8 Å². The molecule has 2 heterocycles. The first-order valence-corrected chi connectivity index (χ1v) is 7.12. The van der Waals surface area contributed by atoms with E-state index in [-0.39, 0.29) is 0 Å². The van der Waals surface area contributed by atoms with Gasteiger partial charge >= 0.3 is 0 Å². The van der Waals surface area contributed by atoms with Crippen LogP contribution < -0.4 is 4.74 Å². The fourth-order valence-corrected chi connectivity index (χ4v) is 2.87. The first-order chi connectivity index (χ1) is 9.29. The van der Waals surface area contributed by atoms with E-state index in [1.807, 2.05) is 19.1 Å². The minimum atomic E-state index is 0.557. The van der Waals surface area contributed by atoms with Crippen molar-refractivity contribution in [1.82, 2.24) is 9.55 Å². The van der Waals surface area contributed by atoms with Gasteiger partial charge in [0.2, 0.25) is 0 Å². The Morgan fingerprint density at radius 2 is 2.42 bits per heavy atom. The Morgan fingerprint density at radius 3 is 3.16 bits per heavy atom. The van der Waals surface area contributed by atoms with Crippen LogP contribution in [-0.4, -0.2) is 29.4 Å². The van der Waals surface area contributed by atoms with Gasteiger partial charge in [-0.25, -0.2) is 0 Å². The lowest BCUT2D eigenvalue weighted by molar-refractivity contribution is 0.182. The Hall–Kier alpha value is -1.33. The van der Waals surface area contributed by atoms with Crippen molar-refractivity contribution >= 4 is 23.3 Å². The van der Waals surface area contributed by atoms with E-state index in [4.69, 9.17) is 21.7 Å². The van der Waals surface area contributed by atoms with Gasteiger partial charge in [0.1, 0.15) is 11.3 Å². The van der Waals surface area contributed by atoms with Crippen molar-refractivity contribution in [3.05, 3.63) is 23.0 Å². The predicted molar refractivity (Wildman–Crippen MR) is 77.2 cm³/mol. The first kappa shape index (κ1) is 12.7. The maximum absolute atomic E-state index is 5.64. The van der Waals surface area contributed by atoms with E-state index in [1.54, 1.807) is 0 Å².